The third-order valence-corrected chi connectivity index (χ3v) is 2.59. The van der Waals surface area contributed by atoms with Crippen LogP contribution in [0.2, 0.25) is 0 Å². The van der Waals surface area contributed by atoms with Gasteiger partial charge in [0.1, 0.15) is 0 Å². The Labute approximate surface area is 99.9 Å². The van der Waals surface area contributed by atoms with Crippen LogP contribution in [0, 0.1) is 0 Å². The number of rotatable bonds is 2. The van der Waals surface area contributed by atoms with E-state index in [0.29, 0.717) is 6.54 Å². The molecule has 0 aliphatic carbocycles. The molecule has 1 aliphatic heterocycles. The van der Waals surface area contributed by atoms with Crippen LogP contribution in [0.4, 0.5) is 19.0 Å². The summed E-state index contributed by atoms with van der Waals surface area (Å²) in [5.74, 6) is 0.186. The Balaban J connectivity index is 2.41. The van der Waals surface area contributed by atoms with Gasteiger partial charge >= 0.3 is 6.18 Å². The van der Waals surface area contributed by atoms with Crippen LogP contribution in [-0.2, 0) is 6.18 Å². The molecule has 0 radical (unpaired) electrons. The van der Waals surface area contributed by atoms with E-state index < -0.39 is 11.9 Å². The average molecular weight is 262 g/mol. The Hall–Kier alpha value is -1.28. The minimum atomic E-state index is -4.47. The number of halogens is 3. The van der Waals surface area contributed by atoms with Gasteiger partial charge in [-0.15, -0.1) is 0 Å². The number of hydrazine groups is 1. The summed E-state index contributed by atoms with van der Waals surface area (Å²) in [6.07, 6.45) is 0.582. The minimum Gasteiger partial charge on any atom is -0.267 e. The van der Waals surface area contributed by atoms with Crippen molar-refractivity contribution in [3.05, 3.63) is 24.0 Å². The molecule has 0 saturated carbocycles. The maximum atomic E-state index is 12.6. The molecule has 2 rings (SSSR count). The van der Waals surface area contributed by atoms with Crippen molar-refractivity contribution in [3.63, 3.8) is 0 Å². The second kappa shape index (κ2) is 4.53. The van der Waals surface area contributed by atoms with E-state index in [1.165, 1.54) is 5.01 Å². The molecule has 0 amide bonds. The fourth-order valence-electron chi connectivity index (χ4n) is 1.29. The van der Waals surface area contributed by atoms with Gasteiger partial charge < -0.3 is 0 Å². The SMILES string of the molecule is CSc1nc(N2C=CCN2)cc(C(F)(F)F)n1. The van der Waals surface area contributed by atoms with Crippen molar-refractivity contribution in [1.29, 1.82) is 0 Å². The summed E-state index contributed by atoms with van der Waals surface area (Å²) in [5.41, 5.74) is 1.92. The topological polar surface area (TPSA) is 41.1 Å². The Morgan fingerprint density at radius 1 is 1.41 bits per heavy atom. The van der Waals surface area contributed by atoms with Crippen LogP contribution in [0.15, 0.2) is 23.5 Å². The van der Waals surface area contributed by atoms with Crippen molar-refractivity contribution in [2.75, 3.05) is 17.8 Å². The number of nitrogens with one attached hydrogen (secondary N) is 1. The van der Waals surface area contributed by atoms with Crippen LogP contribution in [0.3, 0.4) is 0 Å². The van der Waals surface area contributed by atoms with E-state index in [-0.39, 0.29) is 11.0 Å². The van der Waals surface area contributed by atoms with Gasteiger partial charge in [-0.1, -0.05) is 17.8 Å². The van der Waals surface area contributed by atoms with Gasteiger partial charge in [0.05, 0.1) is 0 Å². The predicted molar refractivity (Wildman–Crippen MR) is 58.4 cm³/mol. The lowest BCUT2D eigenvalue weighted by molar-refractivity contribution is -0.141. The number of hydrogen-bond donors (Lipinski definition) is 1. The average Bonchev–Trinajstić information content (AvgIpc) is 2.80. The first-order valence-electron chi connectivity index (χ1n) is 4.70. The number of hydrogen-bond acceptors (Lipinski definition) is 5. The number of aromatic nitrogens is 2. The summed E-state index contributed by atoms with van der Waals surface area (Å²) in [7, 11) is 0. The highest BCUT2D eigenvalue weighted by atomic mass is 32.2. The Morgan fingerprint density at radius 2 is 2.18 bits per heavy atom. The monoisotopic (exact) mass is 262 g/mol. The van der Waals surface area contributed by atoms with Crippen LogP contribution < -0.4 is 10.4 Å². The van der Waals surface area contributed by atoms with Gasteiger partial charge in [0, 0.05) is 18.8 Å². The third kappa shape index (κ3) is 2.70. The summed E-state index contributed by atoms with van der Waals surface area (Å²) < 4.78 is 37.8. The van der Waals surface area contributed by atoms with E-state index >= 15 is 0 Å². The minimum absolute atomic E-state index is 0.0944. The van der Waals surface area contributed by atoms with E-state index in [4.69, 9.17) is 0 Å². The van der Waals surface area contributed by atoms with Crippen molar-refractivity contribution < 1.29 is 13.2 Å². The quantitative estimate of drug-likeness (QED) is 0.652. The van der Waals surface area contributed by atoms with Crippen molar-refractivity contribution >= 4 is 17.6 Å². The highest BCUT2D eigenvalue weighted by Crippen LogP contribution is 2.31. The van der Waals surface area contributed by atoms with Crippen molar-refractivity contribution in [2.24, 2.45) is 0 Å². The van der Waals surface area contributed by atoms with Gasteiger partial charge in [-0.2, -0.15) is 13.2 Å². The summed E-state index contributed by atoms with van der Waals surface area (Å²) >= 11 is 1.07. The van der Waals surface area contributed by atoms with Crippen LogP contribution >= 0.6 is 11.8 Å². The van der Waals surface area contributed by atoms with Crippen LogP contribution in [0.5, 0.6) is 0 Å². The van der Waals surface area contributed by atoms with Crippen LogP contribution in [0.25, 0.3) is 0 Å². The molecule has 0 spiro atoms. The molecular weight excluding hydrogens is 253 g/mol. The van der Waals surface area contributed by atoms with Gasteiger partial charge in [-0.25, -0.2) is 15.4 Å². The molecule has 8 heteroatoms. The van der Waals surface area contributed by atoms with E-state index in [2.05, 4.69) is 15.4 Å². The molecule has 0 saturated heterocycles. The first kappa shape index (κ1) is 12.2. The van der Waals surface area contributed by atoms with Crippen LogP contribution in [0.1, 0.15) is 5.69 Å². The molecule has 1 aromatic rings. The van der Waals surface area contributed by atoms with E-state index in [9.17, 15) is 13.2 Å². The van der Waals surface area contributed by atoms with E-state index in [1.54, 1.807) is 18.5 Å². The standard InChI is InChI=1S/C9H9F3N4S/c1-17-8-14-6(9(10,11)12)5-7(15-8)16-4-2-3-13-16/h2,4-5,13H,3H2,1H3. The van der Waals surface area contributed by atoms with Gasteiger partial charge in [-0.05, 0) is 6.26 Å². The maximum absolute atomic E-state index is 12.6. The smallest absolute Gasteiger partial charge is 0.267 e. The molecule has 2 heterocycles. The van der Waals surface area contributed by atoms with Gasteiger partial charge in [0.25, 0.3) is 0 Å². The highest BCUT2D eigenvalue weighted by molar-refractivity contribution is 7.98. The zero-order valence-corrected chi connectivity index (χ0v) is 9.64. The lowest BCUT2D eigenvalue weighted by Crippen LogP contribution is -2.29. The molecule has 0 unspecified atom stereocenters. The maximum Gasteiger partial charge on any atom is 0.433 e. The molecule has 0 atom stereocenters. The predicted octanol–water partition coefficient (Wildman–Crippen LogP) is 2.06. The molecular formula is C9H9F3N4S. The molecule has 1 aromatic heterocycles. The lowest BCUT2D eigenvalue weighted by Gasteiger charge is -2.17. The summed E-state index contributed by atoms with van der Waals surface area (Å²) in [4.78, 5) is 7.45. The zero-order chi connectivity index (χ0) is 12.5. The summed E-state index contributed by atoms with van der Waals surface area (Å²) in [6, 6.07) is 0.919. The van der Waals surface area contributed by atoms with E-state index in [0.717, 1.165) is 17.8 Å². The first-order valence-corrected chi connectivity index (χ1v) is 5.93. The third-order valence-electron chi connectivity index (χ3n) is 2.05. The van der Waals surface area contributed by atoms with Gasteiger partial charge in [0.2, 0.25) is 0 Å². The van der Waals surface area contributed by atoms with Crippen molar-refractivity contribution in [2.45, 2.75) is 11.3 Å². The largest absolute Gasteiger partial charge is 0.433 e. The normalized spacial score (nSPS) is 15.6. The van der Waals surface area contributed by atoms with Gasteiger partial charge in [0.15, 0.2) is 16.7 Å². The molecule has 0 fully saturated rings. The van der Waals surface area contributed by atoms with Crippen molar-refractivity contribution in [1.82, 2.24) is 15.4 Å². The highest BCUT2D eigenvalue weighted by Gasteiger charge is 2.34. The lowest BCUT2D eigenvalue weighted by atomic mass is 10.4. The summed E-state index contributed by atoms with van der Waals surface area (Å²) in [6.45, 7) is 0.569. The summed E-state index contributed by atoms with van der Waals surface area (Å²) in [5, 5.41) is 1.54. The molecule has 1 N–H and O–H groups in total. The Bertz CT molecular complexity index is 446. The Kier molecular flexibility index (Phi) is 3.25. The fraction of sp³-hybridized carbons (Fsp3) is 0.333. The van der Waals surface area contributed by atoms with E-state index in [1.807, 2.05) is 0 Å². The molecule has 92 valence electrons. The number of thioether (sulfide) groups is 1. The second-order valence-electron chi connectivity index (χ2n) is 3.21. The fourth-order valence-corrected chi connectivity index (χ4v) is 1.67. The molecule has 0 aromatic carbocycles. The van der Waals surface area contributed by atoms with Crippen molar-refractivity contribution in [3.8, 4) is 0 Å². The number of anilines is 1. The molecule has 17 heavy (non-hydrogen) atoms. The molecule has 1 aliphatic rings. The van der Waals surface area contributed by atoms with Gasteiger partial charge in [-0.3, -0.25) is 5.01 Å². The second-order valence-corrected chi connectivity index (χ2v) is 3.99. The number of alkyl halides is 3. The Morgan fingerprint density at radius 3 is 2.71 bits per heavy atom. The molecule has 4 nitrogen and oxygen atoms in total. The van der Waals surface area contributed by atoms with Crippen LogP contribution in [-0.4, -0.2) is 22.8 Å². The first-order chi connectivity index (χ1) is 8.00. The zero-order valence-electron chi connectivity index (χ0n) is 8.82. The number of nitrogens with zero attached hydrogens (tertiary/aromatic N) is 3. The molecule has 0 bridgehead atoms.